The molecule has 0 saturated carbocycles. The molecule has 5 heteroatoms. The molecule has 0 aliphatic heterocycles. The lowest BCUT2D eigenvalue weighted by molar-refractivity contribution is 0.111. The molecule has 0 radical (unpaired) electrons. The molecule has 0 unspecified atom stereocenters. The third-order valence-corrected chi connectivity index (χ3v) is 3.13. The van der Waals surface area contributed by atoms with Gasteiger partial charge in [-0.3, -0.25) is 4.79 Å². The molecular weight excluding hydrogens is 290 g/mol. The fourth-order valence-electron chi connectivity index (χ4n) is 1.55. The van der Waals surface area contributed by atoms with Gasteiger partial charge in [-0.15, -0.1) is 0 Å². The van der Waals surface area contributed by atoms with Gasteiger partial charge in [-0.1, -0.05) is 35.3 Å². The van der Waals surface area contributed by atoms with Crippen LogP contribution >= 0.6 is 23.2 Å². The van der Waals surface area contributed by atoms with E-state index in [4.69, 9.17) is 27.9 Å². The Morgan fingerprint density at radius 3 is 2.63 bits per heavy atom. The van der Waals surface area contributed by atoms with Crippen molar-refractivity contribution in [3.8, 4) is 5.75 Å². The standard InChI is InChI=1S/C14H9Cl2FO2/c15-11-2-1-3-14(10(11)7-18)19-8-9-4-5-13(17)12(16)6-9/h1-7H,8H2. The summed E-state index contributed by atoms with van der Waals surface area (Å²) >= 11 is 11.5. The molecule has 2 aromatic carbocycles. The van der Waals surface area contributed by atoms with Gasteiger partial charge in [0.25, 0.3) is 0 Å². The predicted molar refractivity (Wildman–Crippen MR) is 72.6 cm³/mol. The molecule has 0 spiro atoms. The van der Waals surface area contributed by atoms with E-state index >= 15 is 0 Å². The van der Waals surface area contributed by atoms with Gasteiger partial charge >= 0.3 is 0 Å². The summed E-state index contributed by atoms with van der Waals surface area (Å²) in [6.45, 7) is 0.168. The summed E-state index contributed by atoms with van der Waals surface area (Å²) in [5, 5.41) is 0.354. The van der Waals surface area contributed by atoms with Crippen molar-refractivity contribution < 1.29 is 13.9 Å². The average molecular weight is 299 g/mol. The highest BCUT2D eigenvalue weighted by atomic mass is 35.5. The third-order valence-electron chi connectivity index (χ3n) is 2.51. The molecule has 0 heterocycles. The Balaban J connectivity index is 2.16. The SMILES string of the molecule is O=Cc1c(Cl)cccc1OCc1ccc(F)c(Cl)c1. The molecular formula is C14H9Cl2FO2. The van der Waals surface area contributed by atoms with Crippen LogP contribution in [0.25, 0.3) is 0 Å². The number of rotatable bonds is 4. The lowest BCUT2D eigenvalue weighted by atomic mass is 10.2. The Morgan fingerprint density at radius 2 is 1.95 bits per heavy atom. The molecule has 0 amide bonds. The van der Waals surface area contributed by atoms with Gasteiger partial charge in [0.15, 0.2) is 6.29 Å². The van der Waals surface area contributed by atoms with Gasteiger partial charge in [0.2, 0.25) is 0 Å². The molecule has 0 N–H and O–H groups in total. The maximum atomic E-state index is 13.0. The molecule has 19 heavy (non-hydrogen) atoms. The van der Waals surface area contributed by atoms with Crippen LogP contribution in [0.3, 0.4) is 0 Å². The number of hydrogen-bond donors (Lipinski definition) is 0. The van der Waals surface area contributed by atoms with E-state index in [9.17, 15) is 9.18 Å². The van der Waals surface area contributed by atoms with Gasteiger partial charge in [0.05, 0.1) is 15.6 Å². The highest BCUT2D eigenvalue weighted by Crippen LogP contribution is 2.25. The first kappa shape index (κ1) is 13.8. The molecule has 0 saturated heterocycles. The van der Waals surface area contributed by atoms with Crippen LogP contribution in [0.15, 0.2) is 36.4 Å². The van der Waals surface area contributed by atoms with E-state index in [1.54, 1.807) is 24.3 Å². The van der Waals surface area contributed by atoms with E-state index in [1.807, 2.05) is 0 Å². The zero-order valence-electron chi connectivity index (χ0n) is 9.70. The Kier molecular flexibility index (Phi) is 4.40. The minimum Gasteiger partial charge on any atom is -0.488 e. The van der Waals surface area contributed by atoms with Crippen molar-refractivity contribution in [3.05, 3.63) is 63.4 Å². The Labute approximate surface area is 119 Å². The van der Waals surface area contributed by atoms with Crippen molar-refractivity contribution in [2.45, 2.75) is 6.61 Å². The Morgan fingerprint density at radius 1 is 1.16 bits per heavy atom. The lowest BCUT2D eigenvalue weighted by Gasteiger charge is -2.09. The van der Waals surface area contributed by atoms with Crippen LogP contribution in [-0.4, -0.2) is 6.29 Å². The van der Waals surface area contributed by atoms with Crippen LogP contribution in [-0.2, 0) is 6.61 Å². The number of benzene rings is 2. The minimum atomic E-state index is -0.484. The molecule has 2 rings (SSSR count). The van der Waals surface area contributed by atoms with Crippen LogP contribution < -0.4 is 4.74 Å². The smallest absolute Gasteiger partial charge is 0.155 e. The van der Waals surface area contributed by atoms with Gasteiger partial charge < -0.3 is 4.74 Å². The second kappa shape index (κ2) is 6.04. The minimum absolute atomic E-state index is 0.0304. The summed E-state index contributed by atoms with van der Waals surface area (Å²) in [4.78, 5) is 10.9. The van der Waals surface area contributed by atoms with Crippen LogP contribution in [0.1, 0.15) is 15.9 Å². The first-order valence-corrected chi connectivity index (χ1v) is 6.18. The number of ether oxygens (including phenoxy) is 1. The van der Waals surface area contributed by atoms with E-state index in [1.165, 1.54) is 12.1 Å². The van der Waals surface area contributed by atoms with Gasteiger partial charge in [0.1, 0.15) is 18.2 Å². The molecule has 0 aliphatic carbocycles. The second-order valence-corrected chi connectivity index (χ2v) is 4.62. The van der Waals surface area contributed by atoms with Gasteiger partial charge in [-0.25, -0.2) is 4.39 Å². The van der Waals surface area contributed by atoms with E-state index in [2.05, 4.69) is 0 Å². The van der Waals surface area contributed by atoms with Gasteiger partial charge in [-0.2, -0.15) is 0 Å². The number of hydrogen-bond acceptors (Lipinski definition) is 2. The molecule has 0 aromatic heterocycles. The van der Waals surface area contributed by atoms with Gasteiger partial charge in [0, 0.05) is 0 Å². The first-order valence-electron chi connectivity index (χ1n) is 5.42. The first-order chi connectivity index (χ1) is 9.11. The van der Waals surface area contributed by atoms with Crippen molar-refractivity contribution >= 4 is 29.5 Å². The molecule has 0 bridgehead atoms. The predicted octanol–water partition coefficient (Wildman–Crippen LogP) is 4.52. The number of carbonyl (C=O) groups excluding carboxylic acids is 1. The summed E-state index contributed by atoms with van der Waals surface area (Å²) in [5.74, 6) is -0.107. The van der Waals surface area contributed by atoms with Crippen LogP contribution in [0.2, 0.25) is 10.0 Å². The average Bonchev–Trinajstić information content (AvgIpc) is 2.40. The highest BCUT2D eigenvalue weighted by Gasteiger charge is 2.08. The van der Waals surface area contributed by atoms with E-state index in [0.29, 0.717) is 22.6 Å². The molecule has 2 nitrogen and oxygen atoms in total. The van der Waals surface area contributed by atoms with Crippen molar-refractivity contribution in [1.29, 1.82) is 0 Å². The third kappa shape index (κ3) is 3.25. The molecule has 2 aromatic rings. The van der Waals surface area contributed by atoms with Crippen molar-refractivity contribution in [2.24, 2.45) is 0 Å². The topological polar surface area (TPSA) is 26.3 Å². The second-order valence-electron chi connectivity index (χ2n) is 3.81. The molecule has 0 atom stereocenters. The van der Waals surface area contributed by atoms with Crippen LogP contribution in [0.4, 0.5) is 4.39 Å². The number of halogens is 3. The number of aldehydes is 1. The zero-order chi connectivity index (χ0) is 13.8. The van der Waals surface area contributed by atoms with Crippen LogP contribution in [0.5, 0.6) is 5.75 Å². The van der Waals surface area contributed by atoms with E-state index < -0.39 is 5.82 Å². The van der Waals surface area contributed by atoms with E-state index in [0.717, 1.165) is 0 Å². The fraction of sp³-hybridized carbons (Fsp3) is 0.0714. The maximum Gasteiger partial charge on any atom is 0.155 e. The number of carbonyl (C=O) groups is 1. The lowest BCUT2D eigenvalue weighted by Crippen LogP contribution is -1.99. The normalized spacial score (nSPS) is 10.3. The summed E-state index contributed by atoms with van der Waals surface area (Å²) < 4.78 is 18.5. The van der Waals surface area contributed by atoms with Crippen molar-refractivity contribution in [3.63, 3.8) is 0 Å². The van der Waals surface area contributed by atoms with Crippen molar-refractivity contribution in [1.82, 2.24) is 0 Å². The zero-order valence-corrected chi connectivity index (χ0v) is 11.2. The Hall–Kier alpha value is -1.58. The Bertz CT molecular complexity index is 614. The summed E-state index contributed by atoms with van der Waals surface area (Å²) in [6.07, 6.45) is 0.634. The summed E-state index contributed by atoms with van der Waals surface area (Å²) in [7, 11) is 0. The quantitative estimate of drug-likeness (QED) is 0.776. The summed E-state index contributed by atoms with van der Waals surface area (Å²) in [6, 6.07) is 9.23. The summed E-state index contributed by atoms with van der Waals surface area (Å²) in [5.41, 5.74) is 0.987. The largest absolute Gasteiger partial charge is 0.488 e. The molecule has 98 valence electrons. The molecule has 0 aliphatic rings. The fourth-order valence-corrected chi connectivity index (χ4v) is 1.96. The molecule has 0 fully saturated rings. The maximum absolute atomic E-state index is 13.0. The monoisotopic (exact) mass is 298 g/mol. The van der Waals surface area contributed by atoms with Gasteiger partial charge in [-0.05, 0) is 29.8 Å². The highest BCUT2D eigenvalue weighted by molar-refractivity contribution is 6.33. The van der Waals surface area contributed by atoms with Crippen LogP contribution in [0, 0.1) is 5.82 Å². The van der Waals surface area contributed by atoms with E-state index in [-0.39, 0.29) is 17.2 Å². The van der Waals surface area contributed by atoms with Crippen molar-refractivity contribution in [2.75, 3.05) is 0 Å².